The minimum absolute atomic E-state index is 0.107. The number of rotatable bonds is 6. The molecule has 5 nitrogen and oxygen atoms in total. The number of carbonyl (C=O) groups excluding carboxylic acids is 1. The number of ether oxygens (including phenoxy) is 1. The van der Waals surface area contributed by atoms with E-state index in [-0.39, 0.29) is 24.7 Å². The van der Waals surface area contributed by atoms with Crippen molar-refractivity contribution in [2.75, 3.05) is 19.7 Å². The Bertz CT molecular complexity index is 531. The highest BCUT2D eigenvalue weighted by molar-refractivity contribution is 5.77. The number of aromatic nitrogens is 1. The normalized spacial score (nSPS) is 24.8. The predicted octanol–water partition coefficient (Wildman–Crippen LogP) is 2.76. The third-order valence-corrected chi connectivity index (χ3v) is 5.58. The number of nitrogens with one attached hydrogen (secondary N) is 1. The molecule has 2 unspecified atom stereocenters. The first-order valence-electron chi connectivity index (χ1n) is 9.75. The van der Waals surface area contributed by atoms with Crippen molar-refractivity contribution in [3.63, 3.8) is 0 Å². The number of piperidine rings is 1. The zero-order valence-electron chi connectivity index (χ0n) is 15.3. The Labute approximate surface area is 151 Å². The van der Waals surface area contributed by atoms with Crippen LogP contribution in [0.1, 0.15) is 51.1 Å². The number of pyridine rings is 1. The van der Waals surface area contributed by atoms with Crippen molar-refractivity contribution in [1.82, 2.24) is 15.2 Å². The Morgan fingerprint density at radius 1 is 1.24 bits per heavy atom. The molecule has 1 N–H and O–H groups in total. The lowest BCUT2D eigenvalue weighted by molar-refractivity contribution is -0.143. The van der Waals surface area contributed by atoms with E-state index in [1.807, 2.05) is 23.1 Å². The van der Waals surface area contributed by atoms with Crippen LogP contribution in [0.2, 0.25) is 0 Å². The van der Waals surface area contributed by atoms with Gasteiger partial charge in [0.25, 0.3) is 0 Å². The van der Waals surface area contributed by atoms with Crippen LogP contribution >= 0.6 is 0 Å². The monoisotopic (exact) mass is 345 g/mol. The standard InChI is InChI=1S/C20H31N3O2/c1-16-6-2-3-8-19(16)25-15-20(24)23(18-9-12-21-13-10-18)14-17-7-4-5-11-22-17/h4-5,7,11,16,18-19,21H,2-3,6,8-10,12-15H2,1H3. The molecule has 25 heavy (non-hydrogen) atoms. The second kappa shape index (κ2) is 9.30. The van der Waals surface area contributed by atoms with Gasteiger partial charge in [-0.2, -0.15) is 0 Å². The van der Waals surface area contributed by atoms with Crippen LogP contribution in [0.4, 0.5) is 0 Å². The van der Waals surface area contributed by atoms with E-state index in [4.69, 9.17) is 4.74 Å². The summed E-state index contributed by atoms with van der Waals surface area (Å²) in [5.41, 5.74) is 0.945. The molecular formula is C20H31N3O2. The summed E-state index contributed by atoms with van der Waals surface area (Å²) < 4.78 is 6.04. The second-order valence-electron chi connectivity index (χ2n) is 7.44. The summed E-state index contributed by atoms with van der Waals surface area (Å²) in [6.07, 6.45) is 8.83. The van der Waals surface area contributed by atoms with Gasteiger partial charge in [0, 0.05) is 12.2 Å². The van der Waals surface area contributed by atoms with Crippen LogP contribution in [-0.4, -0.2) is 47.6 Å². The third kappa shape index (κ3) is 5.25. The van der Waals surface area contributed by atoms with Crippen LogP contribution in [0.5, 0.6) is 0 Å². The Morgan fingerprint density at radius 2 is 2.04 bits per heavy atom. The molecule has 138 valence electrons. The molecular weight excluding hydrogens is 314 g/mol. The van der Waals surface area contributed by atoms with Crippen molar-refractivity contribution in [2.24, 2.45) is 5.92 Å². The van der Waals surface area contributed by atoms with E-state index in [0.717, 1.165) is 38.0 Å². The fraction of sp³-hybridized carbons (Fsp3) is 0.700. The maximum Gasteiger partial charge on any atom is 0.249 e. The molecule has 1 saturated carbocycles. The van der Waals surface area contributed by atoms with Crippen molar-refractivity contribution in [3.8, 4) is 0 Å². The van der Waals surface area contributed by atoms with Crippen molar-refractivity contribution in [2.45, 2.75) is 64.1 Å². The Morgan fingerprint density at radius 3 is 2.76 bits per heavy atom. The summed E-state index contributed by atoms with van der Waals surface area (Å²) >= 11 is 0. The topological polar surface area (TPSA) is 54.5 Å². The summed E-state index contributed by atoms with van der Waals surface area (Å²) in [4.78, 5) is 19.4. The molecule has 3 rings (SSSR count). The molecule has 0 aromatic carbocycles. The maximum absolute atomic E-state index is 12.9. The molecule has 1 aromatic heterocycles. The summed E-state index contributed by atoms with van der Waals surface area (Å²) in [6.45, 7) is 4.96. The van der Waals surface area contributed by atoms with E-state index in [2.05, 4.69) is 17.2 Å². The van der Waals surface area contributed by atoms with Crippen LogP contribution in [0.15, 0.2) is 24.4 Å². The number of nitrogens with zero attached hydrogens (tertiary/aromatic N) is 2. The van der Waals surface area contributed by atoms with Gasteiger partial charge >= 0.3 is 0 Å². The molecule has 5 heteroatoms. The summed E-state index contributed by atoms with van der Waals surface area (Å²) in [7, 11) is 0. The molecule has 1 saturated heterocycles. The smallest absolute Gasteiger partial charge is 0.249 e. The predicted molar refractivity (Wildman–Crippen MR) is 98.1 cm³/mol. The lowest BCUT2D eigenvalue weighted by Gasteiger charge is -2.35. The first-order chi connectivity index (χ1) is 12.2. The minimum atomic E-state index is 0.107. The Kier molecular flexibility index (Phi) is 6.82. The molecule has 0 spiro atoms. The average Bonchev–Trinajstić information content (AvgIpc) is 2.67. The summed E-state index contributed by atoms with van der Waals surface area (Å²) in [5, 5.41) is 3.38. The fourth-order valence-electron chi connectivity index (χ4n) is 4.00. The quantitative estimate of drug-likeness (QED) is 0.861. The van der Waals surface area contributed by atoms with Crippen molar-refractivity contribution < 1.29 is 9.53 Å². The highest BCUT2D eigenvalue weighted by atomic mass is 16.5. The van der Waals surface area contributed by atoms with Crippen molar-refractivity contribution in [3.05, 3.63) is 30.1 Å². The van der Waals surface area contributed by atoms with Crippen molar-refractivity contribution >= 4 is 5.91 Å². The molecule has 1 aromatic rings. The highest BCUT2D eigenvalue weighted by Gasteiger charge is 2.28. The SMILES string of the molecule is CC1CCCCC1OCC(=O)N(Cc1ccccn1)C1CCNCC1. The lowest BCUT2D eigenvalue weighted by atomic mass is 9.88. The molecule has 1 aliphatic heterocycles. The van der Waals surface area contributed by atoms with Crippen LogP contribution in [0.25, 0.3) is 0 Å². The fourth-order valence-corrected chi connectivity index (χ4v) is 4.00. The van der Waals surface area contributed by atoms with Gasteiger partial charge in [0.05, 0.1) is 18.3 Å². The first kappa shape index (κ1) is 18.3. The van der Waals surface area contributed by atoms with E-state index in [0.29, 0.717) is 12.5 Å². The van der Waals surface area contributed by atoms with Crippen LogP contribution in [-0.2, 0) is 16.1 Å². The van der Waals surface area contributed by atoms with Gasteiger partial charge < -0.3 is 15.0 Å². The summed E-state index contributed by atoms with van der Waals surface area (Å²) in [6, 6.07) is 6.16. The Balaban J connectivity index is 1.61. The number of amides is 1. The minimum Gasteiger partial charge on any atom is -0.368 e. The molecule has 1 amide bonds. The Hall–Kier alpha value is -1.46. The molecule has 0 radical (unpaired) electrons. The second-order valence-corrected chi connectivity index (χ2v) is 7.44. The zero-order valence-corrected chi connectivity index (χ0v) is 15.3. The number of hydrogen-bond acceptors (Lipinski definition) is 4. The highest BCUT2D eigenvalue weighted by Crippen LogP contribution is 2.26. The molecule has 2 aliphatic rings. The van der Waals surface area contributed by atoms with E-state index < -0.39 is 0 Å². The molecule has 0 bridgehead atoms. The molecule has 2 atom stereocenters. The maximum atomic E-state index is 12.9. The van der Waals surface area contributed by atoms with Crippen LogP contribution < -0.4 is 5.32 Å². The average molecular weight is 345 g/mol. The van der Waals surface area contributed by atoms with E-state index >= 15 is 0 Å². The van der Waals surface area contributed by atoms with Gasteiger partial charge in [-0.05, 0) is 56.8 Å². The van der Waals surface area contributed by atoms with Gasteiger partial charge in [-0.1, -0.05) is 25.8 Å². The van der Waals surface area contributed by atoms with Gasteiger partial charge in [-0.3, -0.25) is 9.78 Å². The van der Waals surface area contributed by atoms with E-state index in [1.54, 1.807) is 6.20 Å². The van der Waals surface area contributed by atoms with Gasteiger partial charge in [-0.15, -0.1) is 0 Å². The number of carbonyl (C=O) groups is 1. The van der Waals surface area contributed by atoms with Gasteiger partial charge in [0.1, 0.15) is 6.61 Å². The van der Waals surface area contributed by atoms with Gasteiger partial charge in [0.15, 0.2) is 0 Å². The molecule has 1 aliphatic carbocycles. The van der Waals surface area contributed by atoms with Gasteiger partial charge in [0.2, 0.25) is 5.91 Å². The first-order valence-corrected chi connectivity index (χ1v) is 9.75. The third-order valence-electron chi connectivity index (χ3n) is 5.58. The van der Waals surface area contributed by atoms with E-state index in [9.17, 15) is 4.79 Å². The molecule has 2 fully saturated rings. The van der Waals surface area contributed by atoms with Crippen LogP contribution in [0, 0.1) is 5.92 Å². The summed E-state index contributed by atoms with van der Waals surface area (Å²) in [5.74, 6) is 0.667. The lowest BCUT2D eigenvalue weighted by Crippen LogP contribution is -2.47. The van der Waals surface area contributed by atoms with Crippen molar-refractivity contribution in [1.29, 1.82) is 0 Å². The molecule has 2 heterocycles. The van der Waals surface area contributed by atoms with Crippen LogP contribution in [0.3, 0.4) is 0 Å². The van der Waals surface area contributed by atoms with Gasteiger partial charge in [-0.25, -0.2) is 0 Å². The number of hydrogen-bond donors (Lipinski definition) is 1. The zero-order chi connectivity index (χ0) is 17.5. The largest absolute Gasteiger partial charge is 0.368 e. The van der Waals surface area contributed by atoms with E-state index in [1.165, 1.54) is 19.3 Å².